The predicted molar refractivity (Wildman–Crippen MR) is 63.5 cm³/mol. The molecule has 2 rings (SSSR count). The number of carbonyl (C=O) groups excluding carboxylic acids is 1. The molecular weight excluding hydrogens is 218 g/mol. The molecule has 0 aromatic heterocycles. The molecule has 88 valence electrons. The van der Waals surface area contributed by atoms with Crippen LogP contribution in [0.15, 0.2) is 18.2 Å². The first kappa shape index (κ1) is 11.3. The van der Waals surface area contributed by atoms with Crippen LogP contribution < -0.4 is 15.4 Å². The molecule has 2 N–H and O–H groups in total. The Kier molecular flexibility index (Phi) is 3.15. The van der Waals surface area contributed by atoms with Gasteiger partial charge in [-0.25, -0.2) is 0 Å². The lowest BCUT2D eigenvalue weighted by molar-refractivity contribution is -0.121. The van der Waals surface area contributed by atoms with E-state index in [2.05, 4.69) is 6.07 Å². The van der Waals surface area contributed by atoms with Gasteiger partial charge in [0.15, 0.2) is 6.61 Å². The number of benzene rings is 1. The Balaban J connectivity index is 2.23. The molecule has 0 atom stereocenters. The smallest absolute Gasteiger partial charge is 0.265 e. The highest BCUT2D eigenvalue weighted by Gasteiger charge is 2.24. The topological polar surface area (TPSA) is 79.3 Å². The maximum atomic E-state index is 11.7. The van der Waals surface area contributed by atoms with Gasteiger partial charge < -0.3 is 15.4 Å². The maximum Gasteiger partial charge on any atom is 0.265 e. The van der Waals surface area contributed by atoms with Gasteiger partial charge in [0, 0.05) is 18.7 Å². The number of hydrogen-bond donors (Lipinski definition) is 1. The van der Waals surface area contributed by atoms with Crippen molar-refractivity contribution in [1.82, 2.24) is 0 Å². The summed E-state index contributed by atoms with van der Waals surface area (Å²) in [6, 6.07) is 7.28. The Morgan fingerprint density at radius 2 is 2.35 bits per heavy atom. The zero-order valence-electron chi connectivity index (χ0n) is 9.35. The minimum atomic E-state index is -0.0963. The number of nitrogens with zero attached hydrogens (tertiary/aromatic N) is 2. The number of hydrogen-bond acceptors (Lipinski definition) is 4. The number of amides is 1. The zero-order chi connectivity index (χ0) is 12.3. The number of anilines is 2. The molecule has 1 aromatic rings. The van der Waals surface area contributed by atoms with Gasteiger partial charge in [-0.05, 0) is 24.6 Å². The predicted octanol–water partition coefficient (Wildman–Crippen LogP) is 1.30. The first-order valence-electron chi connectivity index (χ1n) is 5.42. The molecule has 0 fully saturated rings. The summed E-state index contributed by atoms with van der Waals surface area (Å²) in [5, 5.41) is 8.50. The van der Waals surface area contributed by atoms with Gasteiger partial charge in [0.05, 0.1) is 11.8 Å². The fraction of sp³-hybridized carbons (Fsp3) is 0.333. The number of nitriles is 1. The fourth-order valence-corrected chi connectivity index (χ4v) is 1.78. The summed E-state index contributed by atoms with van der Waals surface area (Å²) in [5.41, 5.74) is 6.98. The van der Waals surface area contributed by atoms with Crippen LogP contribution in [-0.2, 0) is 4.79 Å². The lowest BCUT2D eigenvalue weighted by Crippen LogP contribution is -2.39. The minimum absolute atomic E-state index is 0.0451. The van der Waals surface area contributed by atoms with E-state index in [1.165, 1.54) is 0 Å². The van der Waals surface area contributed by atoms with Crippen LogP contribution in [0, 0.1) is 11.3 Å². The molecule has 0 saturated heterocycles. The number of fused-ring (bicyclic) bond motifs is 1. The van der Waals surface area contributed by atoms with Gasteiger partial charge in [-0.15, -0.1) is 0 Å². The van der Waals surface area contributed by atoms with E-state index < -0.39 is 0 Å². The van der Waals surface area contributed by atoms with E-state index >= 15 is 0 Å². The molecule has 0 spiro atoms. The average molecular weight is 231 g/mol. The minimum Gasteiger partial charge on any atom is -0.482 e. The Bertz CT molecular complexity index is 479. The summed E-state index contributed by atoms with van der Waals surface area (Å²) in [5.74, 6) is 0.566. The molecule has 0 bridgehead atoms. The first-order chi connectivity index (χ1) is 8.22. The van der Waals surface area contributed by atoms with E-state index in [-0.39, 0.29) is 12.5 Å². The van der Waals surface area contributed by atoms with E-state index in [0.29, 0.717) is 36.5 Å². The van der Waals surface area contributed by atoms with Gasteiger partial charge in [0.1, 0.15) is 5.75 Å². The summed E-state index contributed by atoms with van der Waals surface area (Å²) in [6.45, 7) is 0.565. The molecule has 0 aliphatic carbocycles. The molecule has 0 saturated carbocycles. The van der Waals surface area contributed by atoms with Crippen LogP contribution in [0.4, 0.5) is 11.4 Å². The normalized spacial score (nSPS) is 13.8. The summed E-state index contributed by atoms with van der Waals surface area (Å²) in [7, 11) is 0. The van der Waals surface area contributed by atoms with Crippen molar-refractivity contribution in [3.63, 3.8) is 0 Å². The molecule has 1 amide bonds. The SMILES string of the molecule is N#CCCCN1C(=O)COc2ccc(N)cc21. The quantitative estimate of drug-likeness (QED) is 0.628. The Labute approximate surface area is 99.4 Å². The number of rotatable bonds is 3. The molecule has 1 heterocycles. The Hall–Kier alpha value is -2.22. The molecule has 5 nitrogen and oxygen atoms in total. The van der Waals surface area contributed by atoms with Gasteiger partial charge in [-0.3, -0.25) is 4.79 Å². The second-order valence-corrected chi connectivity index (χ2v) is 3.82. The van der Waals surface area contributed by atoms with Crippen molar-refractivity contribution in [3.8, 4) is 11.8 Å². The maximum absolute atomic E-state index is 11.7. The lowest BCUT2D eigenvalue weighted by Gasteiger charge is -2.29. The summed E-state index contributed by atoms with van der Waals surface area (Å²) < 4.78 is 5.32. The Morgan fingerprint density at radius 3 is 3.12 bits per heavy atom. The second-order valence-electron chi connectivity index (χ2n) is 3.82. The van der Waals surface area contributed by atoms with E-state index in [1.54, 1.807) is 23.1 Å². The van der Waals surface area contributed by atoms with Crippen molar-refractivity contribution in [2.75, 3.05) is 23.8 Å². The van der Waals surface area contributed by atoms with Crippen molar-refractivity contribution < 1.29 is 9.53 Å². The molecule has 5 heteroatoms. The molecule has 0 radical (unpaired) electrons. The number of ether oxygens (including phenoxy) is 1. The van der Waals surface area contributed by atoms with Gasteiger partial charge in [-0.1, -0.05) is 0 Å². The van der Waals surface area contributed by atoms with Crippen LogP contribution in [0.5, 0.6) is 5.75 Å². The molecule has 0 unspecified atom stereocenters. The zero-order valence-corrected chi connectivity index (χ0v) is 9.35. The third-order valence-electron chi connectivity index (χ3n) is 2.60. The van der Waals surface area contributed by atoms with Crippen molar-refractivity contribution in [2.24, 2.45) is 0 Å². The van der Waals surface area contributed by atoms with E-state index in [9.17, 15) is 4.79 Å². The van der Waals surface area contributed by atoms with Crippen molar-refractivity contribution in [1.29, 1.82) is 5.26 Å². The first-order valence-corrected chi connectivity index (χ1v) is 5.42. The third-order valence-corrected chi connectivity index (χ3v) is 2.60. The van der Waals surface area contributed by atoms with Crippen LogP contribution in [0.3, 0.4) is 0 Å². The van der Waals surface area contributed by atoms with Crippen LogP contribution in [0.2, 0.25) is 0 Å². The highest BCUT2D eigenvalue weighted by atomic mass is 16.5. The second kappa shape index (κ2) is 4.74. The number of unbranched alkanes of at least 4 members (excludes halogenated alkanes) is 1. The van der Waals surface area contributed by atoms with Crippen LogP contribution in [0.25, 0.3) is 0 Å². The highest BCUT2D eigenvalue weighted by molar-refractivity contribution is 5.98. The van der Waals surface area contributed by atoms with E-state index in [0.717, 1.165) is 0 Å². The van der Waals surface area contributed by atoms with E-state index in [4.69, 9.17) is 15.7 Å². The molecular formula is C12H13N3O2. The monoisotopic (exact) mass is 231 g/mol. The van der Waals surface area contributed by atoms with E-state index in [1.807, 2.05) is 0 Å². The van der Waals surface area contributed by atoms with Gasteiger partial charge in [0.2, 0.25) is 0 Å². The summed E-state index contributed by atoms with van der Waals surface area (Å²) in [4.78, 5) is 13.4. The van der Waals surface area contributed by atoms with Crippen LogP contribution >= 0.6 is 0 Å². The average Bonchev–Trinajstić information content (AvgIpc) is 2.32. The lowest BCUT2D eigenvalue weighted by atomic mass is 10.2. The highest BCUT2D eigenvalue weighted by Crippen LogP contribution is 2.33. The molecule has 1 aliphatic rings. The number of nitrogen functional groups attached to an aromatic ring is 1. The van der Waals surface area contributed by atoms with Gasteiger partial charge in [-0.2, -0.15) is 5.26 Å². The number of nitrogens with two attached hydrogens (primary N) is 1. The largest absolute Gasteiger partial charge is 0.482 e. The Morgan fingerprint density at radius 1 is 1.53 bits per heavy atom. The molecule has 1 aromatic carbocycles. The summed E-state index contributed by atoms with van der Waals surface area (Å²) >= 11 is 0. The fourth-order valence-electron chi connectivity index (χ4n) is 1.78. The standard InChI is InChI=1S/C12H13N3O2/c13-5-1-2-6-15-10-7-9(14)3-4-11(10)17-8-12(15)16/h3-4,7H,1-2,6,8,14H2. The van der Waals surface area contributed by atoms with Crippen LogP contribution in [-0.4, -0.2) is 19.1 Å². The van der Waals surface area contributed by atoms with Gasteiger partial charge >= 0.3 is 0 Å². The molecule has 17 heavy (non-hydrogen) atoms. The van der Waals surface area contributed by atoms with Crippen molar-refractivity contribution in [2.45, 2.75) is 12.8 Å². The van der Waals surface area contributed by atoms with Crippen molar-refractivity contribution in [3.05, 3.63) is 18.2 Å². The third kappa shape index (κ3) is 2.31. The molecule has 1 aliphatic heterocycles. The number of carbonyl (C=O) groups is 1. The van der Waals surface area contributed by atoms with Crippen molar-refractivity contribution >= 4 is 17.3 Å². The summed E-state index contributed by atoms with van der Waals surface area (Å²) in [6.07, 6.45) is 1.08. The van der Waals surface area contributed by atoms with Crippen LogP contribution in [0.1, 0.15) is 12.8 Å². The van der Waals surface area contributed by atoms with Gasteiger partial charge in [0.25, 0.3) is 5.91 Å².